The molecule has 7 aromatic carbocycles. The van der Waals surface area contributed by atoms with E-state index in [0.29, 0.717) is 14.5 Å². The summed E-state index contributed by atoms with van der Waals surface area (Å²) in [6.07, 6.45) is 0. The summed E-state index contributed by atoms with van der Waals surface area (Å²) in [5, 5.41) is 5.31. The van der Waals surface area contributed by atoms with E-state index in [4.69, 9.17) is 0 Å². The third kappa shape index (κ3) is 4.40. The fourth-order valence-electron chi connectivity index (χ4n) is 6.69. The van der Waals surface area contributed by atoms with Crippen LogP contribution >= 0.6 is 0 Å². The van der Waals surface area contributed by atoms with Gasteiger partial charge in [-0.3, -0.25) is 0 Å². The molecule has 0 fully saturated rings. The van der Waals surface area contributed by atoms with Crippen molar-refractivity contribution in [3.8, 4) is 16.8 Å². The van der Waals surface area contributed by atoms with Crippen molar-refractivity contribution in [3.63, 3.8) is 0 Å². The second kappa shape index (κ2) is 10.7. The van der Waals surface area contributed by atoms with Crippen molar-refractivity contribution in [1.82, 2.24) is 4.57 Å². The minimum absolute atomic E-state index is 0.354. The summed E-state index contributed by atoms with van der Waals surface area (Å²) in [7, 11) is 0. The first-order valence-electron chi connectivity index (χ1n) is 15.3. The van der Waals surface area contributed by atoms with Crippen LogP contribution < -0.4 is 4.90 Å². The number of hydrogen-bond acceptors (Lipinski definition) is 1. The number of hydrogen-bond donors (Lipinski definition) is 0. The molecule has 9 aromatic rings. The molecule has 2 aromatic heterocycles. The van der Waals surface area contributed by atoms with E-state index in [1.807, 2.05) is 0 Å². The Morgan fingerprint density at radius 3 is 1.78 bits per heavy atom. The second-order valence-electron chi connectivity index (χ2n) is 11.4. The van der Waals surface area contributed by atoms with Gasteiger partial charge < -0.3 is 0 Å². The maximum absolute atomic E-state index is 2.40. The molecular weight excluding hydrogens is 611 g/mol. The predicted octanol–water partition coefficient (Wildman–Crippen LogP) is 11.3. The van der Waals surface area contributed by atoms with Crippen molar-refractivity contribution in [2.24, 2.45) is 0 Å². The van der Waals surface area contributed by atoms with Gasteiger partial charge in [0.15, 0.2) is 0 Å². The fourth-order valence-corrected chi connectivity index (χ4v) is 9.09. The molecule has 0 N–H and O–H groups in total. The van der Waals surface area contributed by atoms with Crippen LogP contribution in [0.5, 0.6) is 0 Å². The van der Waals surface area contributed by atoms with Crippen LogP contribution in [0, 0.1) is 0 Å². The summed E-state index contributed by atoms with van der Waals surface area (Å²) in [5.41, 5.74) is 9.46. The molecule has 0 aliphatic carbocycles. The Bertz CT molecular complexity index is 2470. The first-order valence-corrected chi connectivity index (χ1v) is 17.0. The average Bonchev–Trinajstić information content (AvgIpc) is 3.64. The van der Waals surface area contributed by atoms with Gasteiger partial charge in [0, 0.05) is 11.1 Å². The number of benzene rings is 7. The summed E-state index contributed by atoms with van der Waals surface area (Å²) in [4.78, 5) is 2.36. The molecule has 0 amide bonds. The van der Waals surface area contributed by atoms with Crippen LogP contribution in [-0.4, -0.2) is 19.1 Å². The van der Waals surface area contributed by atoms with E-state index in [2.05, 4.69) is 179 Å². The van der Waals surface area contributed by atoms with Crippen molar-refractivity contribution >= 4 is 72.7 Å². The minimum atomic E-state index is 0.354. The zero-order chi connectivity index (χ0) is 29.7. The van der Waals surface area contributed by atoms with Crippen LogP contribution in [0.3, 0.4) is 0 Å². The van der Waals surface area contributed by atoms with Crippen LogP contribution in [0.4, 0.5) is 17.1 Å². The summed E-state index contributed by atoms with van der Waals surface area (Å²) < 4.78 is 5.33. The van der Waals surface area contributed by atoms with Gasteiger partial charge in [0.25, 0.3) is 0 Å². The summed E-state index contributed by atoms with van der Waals surface area (Å²) >= 11 is 0.354. The molecular formula is C42H28N2Se. The SMILES string of the molecule is c1ccc(N(c2ccc(-c3ccc4c(c3)[se]c3ccccc34)cc2)c2ccc3c4ccccc4n(-c4ccccc4)c3c2)cc1. The van der Waals surface area contributed by atoms with Crippen LogP contribution in [0.15, 0.2) is 170 Å². The Morgan fingerprint density at radius 2 is 0.956 bits per heavy atom. The van der Waals surface area contributed by atoms with Gasteiger partial charge in [0.05, 0.1) is 5.52 Å². The average molecular weight is 640 g/mol. The number of fused-ring (bicyclic) bond motifs is 6. The standard InChI is InChI=1S/C42H28N2Se/c1-3-11-31(12-4-1)43(33-22-19-29(20-23-33)30-21-25-38-37-16-8-10-18-41(37)45-42(38)27-30)34-24-26-36-35-15-7-9-17-39(35)44(40(36)28-34)32-13-5-2-6-14-32/h1-28H. The quantitative estimate of drug-likeness (QED) is 0.170. The number of aromatic nitrogens is 1. The third-order valence-electron chi connectivity index (χ3n) is 8.78. The molecule has 0 radical (unpaired) electrons. The predicted molar refractivity (Wildman–Crippen MR) is 193 cm³/mol. The second-order valence-corrected chi connectivity index (χ2v) is 13.7. The van der Waals surface area contributed by atoms with E-state index in [1.165, 1.54) is 52.2 Å². The molecule has 0 spiro atoms. The molecule has 0 aliphatic rings. The first-order chi connectivity index (χ1) is 22.3. The monoisotopic (exact) mass is 640 g/mol. The van der Waals surface area contributed by atoms with Gasteiger partial charge in [-0.1, -0.05) is 36.4 Å². The Hall–Kier alpha value is -5.34. The van der Waals surface area contributed by atoms with Gasteiger partial charge in [-0.15, -0.1) is 0 Å². The van der Waals surface area contributed by atoms with Gasteiger partial charge in [-0.2, -0.15) is 0 Å². The van der Waals surface area contributed by atoms with Crippen molar-refractivity contribution in [2.45, 2.75) is 0 Å². The van der Waals surface area contributed by atoms with Gasteiger partial charge >= 0.3 is 198 Å². The van der Waals surface area contributed by atoms with E-state index < -0.39 is 0 Å². The van der Waals surface area contributed by atoms with Crippen LogP contribution in [0.25, 0.3) is 57.9 Å². The first kappa shape index (κ1) is 26.1. The van der Waals surface area contributed by atoms with Gasteiger partial charge in [-0.05, 0) is 18.2 Å². The number of para-hydroxylation sites is 3. The van der Waals surface area contributed by atoms with Crippen LogP contribution in [0.2, 0.25) is 0 Å². The number of anilines is 3. The maximum atomic E-state index is 2.40. The van der Waals surface area contributed by atoms with Gasteiger partial charge in [-0.25, -0.2) is 0 Å². The summed E-state index contributed by atoms with van der Waals surface area (Å²) in [6.45, 7) is 0. The Balaban J connectivity index is 1.17. The molecule has 2 heterocycles. The van der Waals surface area contributed by atoms with E-state index in [-0.39, 0.29) is 0 Å². The molecule has 0 aliphatic heterocycles. The molecule has 2 nitrogen and oxygen atoms in total. The Morgan fingerprint density at radius 1 is 0.378 bits per heavy atom. The molecule has 9 rings (SSSR count). The Labute approximate surface area is 267 Å². The molecule has 0 saturated carbocycles. The Kier molecular flexibility index (Phi) is 6.19. The zero-order valence-electron chi connectivity index (χ0n) is 24.5. The topological polar surface area (TPSA) is 8.17 Å². The molecule has 45 heavy (non-hydrogen) atoms. The van der Waals surface area contributed by atoms with Gasteiger partial charge in [0.1, 0.15) is 0 Å². The zero-order valence-corrected chi connectivity index (χ0v) is 26.2. The van der Waals surface area contributed by atoms with Crippen molar-refractivity contribution in [3.05, 3.63) is 170 Å². The molecule has 0 atom stereocenters. The van der Waals surface area contributed by atoms with E-state index >= 15 is 0 Å². The molecule has 3 heteroatoms. The molecule has 0 bridgehead atoms. The third-order valence-corrected chi connectivity index (χ3v) is 11.2. The number of nitrogens with zero attached hydrogens (tertiary/aromatic N) is 2. The normalized spacial score (nSPS) is 11.6. The number of rotatable bonds is 5. The van der Waals surface area contributed by atoms with E-state index in [9.17, 15) is 0 Å². The van der Waals surface area contributed by atoms with Crippen LogP contribution in [0.1, 0.15) is 0 Å². The molecule has 212 valence electrons. The molecule has 0 saturated heterocycles. The van der Waals surface area contributed by atoms with Gasteiger partial charge in [0.2, 0.25) is 0 Å². The molecule has 0 unspecified atom stereocenters. The van der Waals surface area contributed by atoms with Crippen LogP contribution in [-0.2, 0) is 0 Å². The van der Waals surface area contributed by atoms with E-state index in [0.717, 1.165) is 22.7 Å². The van der Waals surface area contributed by atoms with E-state index in [1.54, 1.807) is 0 Å². The van der Waals surface area contributed by atoms with Crippen molar-refractivity contribution in [1.29, 1.82) is 0 Å². The summed E-state index contributed by atoms with van der Waals surface area (Å²) in [6, 6.07) is 61.8. The summed E-state index contributed by atoms with van der Waals surface area (Å²) in [5.74, 6) is 0. The fraction of sp³-hybridized carbons (Fsp3) is 0. The van der Waals surface area contributed by atoms with Crippen molar-refractivity contribution in [2.75, 3.05) is 4.90 Å². The van der Waals surface area contributed by atoms with Crippen molar-refractivity contribution < 1.29 is 0 Å².